The van der Waals surface area contributed by atoms with Gasteiger partial charge in [0.15, 0.2) is 5.13 Å². The van der Waals surface area contributed by atoms with Gasteiger partial charge in [-0.25, -0.2) is 9.37 Å². The van der Waals surface area contributed by atoms with E-state index in [1.807, 2.05) is 13.0 Å². The number of fused-ring (bicyclic) bond motifs is 1. The lowest BCUT2D eigenvalue weighted by molar-refractivity contribution is 0.601. The van der Waals surface area contributed by atoms with Gasteiger partial charge >= 0.3 is 0 Å². The molecule has 0 amide bonds. The van der Waals surface area contributed by atoms with Gasteiger partial charge in [-0.1, -0.05) is 0 Å². The third kappa shape index (κ3) is 2.30. The molecule has 1 aromatic heterocycles. The minimum Gasteiger partial charge on any atom is -0.375 e. The van der Waals surface area contributed by atoms with E-state index in [-0.39, 0.29) is 5.82 Å². The highest BCUT2D eigenvalue weighted by atomic mass is 79.9. The Bertz CT molecular complexity index is 639. The van der Waals surface area contributed by atoms with Gasteiger partial charge in [0.2, 0.25) is 0 Å². The zero-order valence-corrected chi connectivity index (χ0v) is 12.9. The second kappa shape index (κ2) is 4.87. The van der Waals surface area contributed by atoms with Crippen molar-refractivity contribution in [2.45, 2.75) is 32.1 Å². The summed E-state index contributed by atoms with van der Waals surface area (Å²) < 4.78 is 14.1. The fourth-order valence-electron chi connectivity index (χ4n) is 2.77. The molecule has 0 radical (unpaired) electrons. The molecule has 1 aliphatic rings. The number of nitrogens with zero attached hydrogens (tertiary/aromatic N) is 1. The lowest BCUT2D eigenvalue weighted by Gasteiger charge is -2.23. The van der Waals surface area contributed by atoms with Crippen LogP contribution < -0.4 is 5.73 Å². The predicted octanol–water partition coefficient (Wildman–Crippen LogP) is 4.40. The van der Waals surface area contributed by atoms with Crippen LogP contribution in [0, 0.1) is 12.7 Å². The van der Waals surface area contributed by atoms with Gasteiger partial charge in [-0.05, 0) is 65.4 Å². The number of thiazole rings is 1. The van der Waals surface area contributed by atoms with Crippen molar-refractivity contribution in [2.75, 3.05) is 5.73 Å². The Balaban J connectivity index is 2.11. The van der Waals surface area contributed by atoms with Crippen molar-refractivity contribution in [2.24, 2.45) is 0 Å². The van der Waals surface area contributed by atoms with Gasteiger partial charge in [0, 0.05) is 10.8 Å². The number of rotatable bonds is 1. The van der Waals surface area contributed by atoms with Crippen LogP contribution in [0.4, 0.5) is 9.52 Å². The Morgan fingerprint density at radius 3 is 3.05 bits per heavy atom. The highest BCUT2D eigenvalue weighted by molar-refractivity contribution is 9.10. The summed E-state index contributed by atoms with van der Waals surface area (Å²) in [7, 11) is 0. The molecule has 0 saturated heterocycles. The Morgan fingerprint density at radius 2 is 2.26 bits per heavy atom. The van der Waals surface area contributed by atoms with Gasteiger partial charge < -0.3 is 5.73 Å². The quantitative estimate of drug-likeness (QED) is 0.835. The largest absolute Gasteiger partial charge is 0.375 e. The molecule has 1 heterocycles. The van der Waals surface area contributed by atoms with E-state index in [9.17, 15) is 4.39 Å². The number of benzene rings is 1. The molecule has 0 saturated carbocycles. The standard InChI is InChI=1S/C14H14BrFN2S/c1-7-5-11(16)10(15)6-9(7)8-3-2-4-12-13(8)19-14(17)18-12/h5-6,8H,2-4H2,1H3,(H2,17,18). The minimum atomic E-state index is -0.207. The number of nitrogens with two attached hydrogens (primary N) is 1. The summed E-state index contributed by atoms with van der Waals surface area (Å²) in [5.41, 5.74) is 9.12. The maximum absolute atomic E-state index is 13.6. The van der Waals surface area contributed by atoms with Crippen molar-refractivity contribution in [1.82, 2.24) is 4.98 Å². The fraction of sp³-hybridized carbons (Fsp3) is 0.357. The molecule has 0 spiro atoms. The molecule has 100 valence electrons. The molecular weight excluding hydrogens is 327 g/mol. The van der Waals surface area contributed by atoms with E-state index < -0.39 is 0 Å². The van der Waals surface area contributed by atoms with Gasteiger partial charge in [-0.15, -0.1) is 11.3 Å². The summed E-state index contributed by atoms with van der Waals surface area (Å²) in [6, 6.07) is 3.50. The van der Waals surface area contributed by atoms with E-state index in [0.717, 1.165) is 30.5 Å². The van der Waals surface area contributed by atoms with Gasteiger partial charge in [-0.2, -0.15) is 0 Å². The zero-order valence-electron chi connectivity index (χ0n) is 10.5. The van der Waals surface area contributed by atoms with Crippen molar-refractivity contribution in [1.29, 1.82) is 0 Å². The Labute approximate surface area is 124 Å². The first-order chi connectivity index (χ1) is 9.06. The maximum Gasteiger partial charge on any atom is 0.180 e. The zero-order chi connectivity index (χ0) is 13.6. The van der Waals surface area contributed by atoms with Gasteiger partial charge in [0.05, 0.1) is 10.2 Å². The van der Waals surface area contributed by atoms with Gasteiger partial charge in [0.25, 0.3) is 0 Å². The fourth-order valence-corrected chi connectivity index (χ4v) is 4.17. The second-order valence-electron chi connectivity index (χ2n) is 4.93. The number of aryl methyl sites for hydroxylation is 2. The number of nitrogen functional groups attached to an aromatic ring is 1. The van der Waals surface area contributed by atoms with E-state index in [2.05, 4.69) is 20.9 Å². The van der Waals surface area contributed by atoms with Crippen LogP contribution in [0.15, 0.2) is 16.6 Å². The smallest absolute Gasteiger partial charge is 0.180 e. The number of halogens is 2. The molecular formula is C14H14BrFN2S. The molecule has 5 heteroatoms. The Morgan fingerprint density at radius 1 is 1.47 bits per heavy atom. The van der Waals surface area contributed by atoms with Crippen LogP contribution in [0.2, 0.25) is 0 Å². The van der Waals surface area contributed by atoms with Crippen LogP contribution in [-0.4, -0.2) is 4.98 Å². The summed E-state index contributed by atoms with van der Waals surface area (Å²) in [5, 5.41) is 0.635. The van der Waals surface area contributed by atoms with Crippen molar-refractivity contribution in [3.63, 3.8) is 0 Å². The maximum atomic E-state index is 13.6. The van der Waals surface area contributed by atoms with Crippen LogP contribution >= 0.6 is 27.3 Å². The second-order valence-corrected chi connectivity index (χ2v) is 6.85. The number of aromatic nitrogens is 1. The summed E-state index contributed by atoms with van der Waals surface area (Å²) in [6.07, 6.45) is 3.18. The predicted molar refractivity (Wildman–Crippen MR) is 80.1 cm³/mol. The van der Waals surface area contributed by atoms with Crippen LogP contribution in [0.1, 0.15) is 40.5 Å². The lowest BCUT2D eigenvalue weighted by Crippen LogP contribution is -2.10. The first-order valence-corrected chi connectivity index (χ1v) is 7.88. The minimum absolute atomic E-state index is 0.207. The van der Waals surface area contributed by atoms with E-state index in [0.29, 0.717) is 15.5 Å². The van der Waals surface area contributed by atoms with E-state index in [4.69, 9.17) is 5.73 Å². The van der Waals surface area contributed by atoms with Crippen molar-refractivity contribution in [3.8, 4) is 0 Å². The lowest BCUT2D eigenvalue weighted by atomic mass is 9.84. The summed E-state index contributed by atoms with van der Waals surface area (Å²) in [5.74, 6) is 0.0940. The Hall–Kier alpha value is -0.940. The molecule has 2 N–H and O–H groups in total. The molecule has 0 aliphatic heterocycles. The third-order valence-corrected chi connectivity index (χ3v) is 5.30. The molecule has 2 nitrogen and oxygen atoms in total. The van der Waals surface area contributed by atoms with Crippen LogP contribution in [0.5, 0.6) is 0 Å². The van der Waals surface area contributed by atoms with E-state index >= 15 is 0 Å². The summed E-state index contributed by atoms with van der Waals surface area (Å²) >= 11 is 4.85. The summed E-state index contributed by atoms with van der Waals surface area (Å²) in [6.45, 7) is 1.96. The third-order valence-electron chi connectivity index (χ3n) is 3.65. The van der Waals surface area contributed by atoms with Crippen molar-refractivity contribution < 1.29 is 4.39 Å². The SMILES string of the molecule is Cc1cc(F)c(Br)cc1C1CCCc2nc(N)sc21. The molecule has 1 aliphatic carbocycles. The van der Waals surface area contributed by atoms with Gasteiger partial charge in [0.1, 0.15) is 5.82 Å². The monoisotopic (exact) mass is 340 g/mol. The molecule has 2 aromatic rings. The molecule has 1 unspecified atom stereocenters. The van der Waals surface area contributed by atoms with Gasteiger partial charge in [-0.3, -0.25) is 0 Å². The molecule has 1 atom stereocenters. The van der Waals surface area contributed by atoms with Crippen LogP contribution in [-0.2, 0) is 6.42 Å². The first kappa shape index (κ1) is 13.1. The van der Waals surface area contributed by atoms with E-state index in [1.165, 1.54) is 10.4 Å². The molecule has 1 aromatic carbocycles. The highest BCUT2D eigenvalue weighted by Gasteiger charge is 2.27. The Kier molecular flexibility index (Phi) is 3.35. The number of hydrogen-bond acceptors (Lipinski definition) is 3. The normalized spacial score (nSPS) is 18.4. The van der Waals surface area contributed by atoms with Crippen molar-refractivity contribution >= 4 is 32.4 Å². The molecule has 3 rings (SSSR count). The van der Waals surface area contributed by atoms with E-state index in [1.54, 1.807) is 17.4 Å². The average Bonchev–Trinajstić information content (AvgIpc) is 2.74. The molecule has 0 bridgehead atoms. The topological polar surface area (TPSA) is 38.9 Å². The molecule has 0 fully saturated rings. The van der Waals surface area contributed by atoms with Crippen LogP contribution in [0.25, 0.3) is 0 Å². The van der Waals surface area contributed by atoms with Crippen LogP contribution in [0.3, 0.4) is 0 Å². The first-order valence-electron chi connectivity index (χ1n) is 6.27. The average molecular weight is 341 g/mol. The number of hydrogen-bond donors (Lipinski definition) is 1. The van der Waals surface area contributed by atoms with Crippen molar-refractivity contribution in [3.05, 3.63) is 44.1 Å². The molecule has 19 heavy (non-hydrogen) atoms. The number of anilines is 1. The highest BCUT2D eigenvalue weighted by Crippen LogP contribution is 2.42. The summed E-state index contributed by atoms with van der Waals surface area (Å²) in [4.78, 5) is 5.66.